The molecule has 2 N–H and O–H groups in total. The Morgan fingerprint density at radius 2 is 2.18 bits per heavy atom. The summed E-state index contributed by atoms with van der Waals surface area (Å²) >= 11 is 0. The Morgan fingerprint density at radius 1 is 1.53 bits per heavy atom. The molecule has 0 spiro atoms. The molecule has 0 aromatic carbocycles. The summed E-state index contributed by atoms with van der Waals surface area (Å²) in [6.07, 6.45) is 2.49. The number of nitrogens with zero attached hydrogens (tertiary/aromatic N) is 1. The average molecular weight is 244 g/mol. The second kappa shape index (κ2) is 6.44. The monoisotopic (exact) mass is 244 g/mol. The van der Waals surface area contributed by atoms with Gasteiger partial charge in [0.2, 0.25) is 0 Å². The van der Waals surface area contributed by atoms with E-state index in [1.807, 2.05) is 0 Å². The Balaban J connectivity index is 2.09. The van der Waals surface area contributed by atoms with E-state index >= 15 is 0 Å². The van der Waals surface area contributed by atoms with Crippen LogP contribution < -0.4 is 5.32 Å². The maximum Gasteiger partial charge on any atom is 0.325 e. The molecule has 6 heteroatoms. The number of carbonyl (C=O) groups is 2. The average Bonchev–Trinajstić information content (AvgIpc) is 3.07. The summed E-state index contributed by atoms with van der Waals surface area (Å²) in [5.74, 6) is -0.335. The molecule has 1 aliphatic carbocycles. The SMILES string of the molecule is C[C@@H](NC(=O)N(C)CCOCC1CC1)C(=O)O. The number of rotatable bonds is 7. The Bertz CT molecular complexity index is 279. The van der Waals surface area contributed by atoms with E-state index in [1.165, 1.54) is 24.7 Å². The molecule has 1 aliphatic rings. The van der Waals surface area contributed by atoms with Gasteiger partial charge in [0.25, 0.3) is 0 Å². The van der Waals surface area contributed by atoms with Crippen LogP contribution in [0, 0.1) is 5.92 Å². The highest BCUT2D eigenvalue weighted by molar-refractivity contribution is 5.82. The summed E-state index contributed by atoms with van der Waals surface area (Å²) in [5, 5.41) is 11.0. The number of amides is 2. The number of hydrogen-bond acceptors (Lipinski definition) is 3. The van der Waals surface area contributed by atoms with Gasteiger partial charge in [0, 0.05) is 20.2 Å². The number of carboxylic acid groups (broad SMARTS) is 1. The second-order valence-electron chi connectivity index (χ2n) is 4.45. The van der Waals surface area contributed by atoms with E-state index in [1.54, 1.807) is 7.05 Å². The van der Waals surface area contributed by atoms with Crippen molar-refractivity contribution in [2.24, 2.45) is 5.92 Å². The molecule has 0 aliphatic heterocycles. The van der Waals surface area contributed by atoms with Crippen LogP contribution in [0.1, 0.15) is 19.8 Å². The molecule has 98 valence electrons. The lowest BCUT2D eigenvalue weighted by Gasteiger charge is -2.19. The zero-order chi connectivity index (χ0) is 12.8. The Morgan fingerprint density at radius 3 is 2.71 bits per heavy atom. The minimum absolute atomic E-state index is 0.394. The number of carboxylic acids is 1. The van der Waals surface area contributed by atoms with Crippen LogP contribution in [0.15, 0.2) is 0 Å². The molecule has 0 aromatic heterocycles. The van der Waals surface area contributed by atoms with Crippen molar-refractivity contribution >= 4 is 12.0 Å². The summed E-state index contributed by atoms with van der Waals surface area (Å²) < 4.78 is 5.39. The lowest BCUT2D eigenvalue weighted by Crippen LogP contribution is -2.46. The molecule has 0 radical (unpaired) electrons. The van der Waals surface area contributed by atoms with Crippen LogP contribution in [-0.4, -0.2) is 54.9 Å². The Kier molecular flexibility index (Phi) is 5.21. The molecule has 2 amide bonds. The van der Waals surface area contributed by atoms with Crippen molar-refractivity contribution in [1.82, 2.24) is 10.2 Å². The molecule has 0 heterocycles. The molecular formula is C11H20N2O4. The second-order valence-corrected chi connectivity index (χ2v) is 4.45. The van der Waals surface area contributed by atoms with Gasteiger partial charge in [-0.15, -0.1) is 0 Å². The quantitative estimate of drug-likeness (QED) is 0.640. The van der Waals surface area contributed by atoms with E-state index in [0.29, 0.717) is 19.1 Å². The van der Waals surface area contributed by atoms with Gasteiger partial charge in [-0.25, -0.2) is 4.79 Å². The van der Waals surface area contributed by atoms with Crippen LogP contribution in [0.5, 0.6) is 0 Å². The van der Waals surface area contributed by atoms with Crippen molar-refractivity contribution in [3.8, 4) is 0 Å². The van der Waals surface area contributed by atoms with Gasteiger partial charge < -0.3 is 20.1 Å². The van der Waals surface area contributed by atoms with Crippen LogP contribution in [0.25, 0.3) is 0 Å². The zero-order valence-corrected chi connectivity index (χ0v) is 10.3. The summed E-state index contributed by atoms with van der Waals surface area (Å²) in [4.78, 5) is 23.5. The van der Waals surface area contributed by atoms with Crippen LogP contribution >= 0.6 is 0 Å². The smallest absolute Gasteiger partial charge is 0.325 e. The third-order valence-electron chi connectivity index (χ3n) is 2.68. The Labute approximate surface area is 101 Å². The lowest BCUT2D eigenvalue weighted by molar-refractivity contribution is -0.138. The van der Waals surface area contributed by atoms with Gasteiger partial charge in [0.15, 0.2) is 0 Å². The van der Waals surface area contributed by atoms with E-state index < -0.39 is 18.0 Å². The van der Waals surface area contributed by atoms with Crippen molar-refractivity contribution in [2.45, 2.75) is 25.8 Å². The van der Waals surface area contributed by atoms with Gasteiger partial charge in [-0.05, 0) is 25.7 Å². The van der Waals surface area contributed by atoms with E-state index in [0.717, 1.165) is 6.61 Å². The Hall–Kier alpha value is -1.30. The van der Waals surface area contributed by atoms with Gasteiger partial charge in [0.1, 0.15) is 6.04 Å². The van der Waals surface area contributed by atoms with Crippen LogP contribution in [0.2, 0.25) is 0 Å². The van der Waals surface area contributed by atoms with Crippen LogP contribution in [0.4, 0.5) is 4.79 Å². The molecule has 17 heavy (non-hydrogen) atoms. The zero-order valence-electron chi connectivity index (χ0n) is 10.3. The van der Waals surface area contributed by atoms with E-state index in [9.17, 15) is 9.59 Å². The first-order valence-electron chi connectivity index (χ1n) is 5.83. The van der Waals surface area contributed by atoms with Gasteiger partial charge in [0.05, 0.1) is 6.61 Å². The first-order valence-corrected chi connectivity index (χ1v) is 5.83. The molecule has 1 saturated carbocycles. The maximum atomic E-state index is 11.5. The van der Waals surface area contributed by atoms with Crippen molar-refractivity contribution < 1.29 is 19.4 Å². The number of urea groups is 1. The highest BCUT2D eigenvalue weighted by Gasteiger charge is 2.21. The minimum Gasteiger partial charge on any atom is -0.480 e. The van der Waals surface area contributed by atoms with Gasteiger partial charge in [-0.3, -0.25) is 4.79 Å². The molecule has 0 aromatic rings. The summed E-state index contributed by atoms with van der Waals surface area (Å²) in [5.41, 5.74) is 0. The molecule has 1 atom stereocenters. The van der Waals surface area contributed by atoms with Gasteiger partial charge in [-0.2, -0.15) is 0 Å². The summed E-state index contributed by atoms with van der Waals surface area (Å²) in [6.45, 7) is 3.14. The van der Waals surface area contributed by atoms with Crippen molar-refractivity contribution in [1.29, 1.82) is 0 Å². The molecule has 0 bridgehead atoms. The largest absolute Gasteiger partial charge is 0.480 e. The summed E-state index contributed by atoms with van der Waals surface area (Å²) in [6, 6.07) is -1.27. The number of likely N-dealkylation sites (N-methyl/N-ethyl adjacent to an activating group) is 1. The van der Waals surface area contributed by atoms with Crippen LogP contribution in [-0.2, 0) is 9.53 Å². The van der Waals surface area contributed by atoms with Gasteiger partial charge >= 0.3 is 12.0 Å². The minimum atomic E-state index is -1.04. The molecule has 0 unspecified atom stereocenters. The highest BCUT2D eigenvalue weighted by atomic mass is 16.5. The van der Waals surface area contributed by atoms with Crippen molar-refractivity contribution in [2.75, 3.05) is 26.8 Å². The molecule has 1 rings (SSSR count). The summed E-state index contributed by atoms with van der Waals surface area (Å²) in [7, 11) is 1.62. The maximum absolute atomic E-state index is 11.5. The first-order chi connectivity index (χ1) is 8.00. The van der Waals surface area contributed by atoms with E-state index in [2.05, 4.69) is 5.32 Å². The molecular weight excluding hydrogens is 224 g/mol. The topological polar surface area (TPSA) is 78.9 Å². The highest BCUT2D eigenvalue weighted by Crippen LogP contribution is 2.28. The number of carbonyl (C=O) groups excluding carboxylic acids is 1. The molecule has 0 saturated heterocycles. The normalized spacial score (nSPS) is 16.4. The lowest BCUT2D eigenvalue weighted by atomic mass is 10.3. The standard InChI is InChI=1S/C11H20N2O4/c1-8(10(14)15)12-11(16)13(2)5-6-17-7-9-3-4-9/h8-9H,3-7H2,1-2H3,(H,12,16)(H,14,15)/t8-/m1/s1. The fourth-order valence-corrected chi connectivity index (χ4v) is 1.19. The predicted molar refractivity (Wildman–Crippen MR) is 61.8 cm³/mol. The van der Waals surface area contributed by atoms with Crippen LogP contribution in [0.3, 0.4) is 0 Å². The third-order valence-corrected chi connectivity index (χ3v) is 2.68. The number of ether oxygens (including phenoxy) is 1. The van der Waals surface area contributed by atoms with E-state index in [4.69, 9.17) is 9.84 Å². The predicted octanol–water partition coefficient (Wildman–Crippen LogP) is 0.527. The fourth-order valence-electron chi connectivity index (χ4n) is 1.19. The van der Waals surface area contributed by atoms with E-state index in [-0.39, 0.29) is 0 Å². The van der Waals surface area contributed by atoms with Crippen molar-refractivity contribution in [3.05, 3.63) is 0 Å². The first kappa shape index (κ1) is 13.8. The van der Waals surface area contributed by atoms with Gasteiger partial charge in [-0.1, -0.05) is 0 Å². The number of hydrogen-bond donors (Lipinski definition) is 2. The number of aliphatic carboxylic acids is 1. The third kappa shape index (κ3) is 5.53. The molecule has 1 fully saturated rings. The number of nitrogens with one attached hydrogen (secondary N) is 1. The fraction of sp³-hybridized carbons (Fsp3) is 0.818. The molecule has 6 nitrogen and oxygen atoms in total. The van der Waals surface area contributed by atoms with Crippen molar-refractivity contribution in [3.63, 3.8) is 0 Å².